The molecule has 1 aromatic heterocycles. The van der Waals surface area contributed by atoms with Gasteiger partial charge in [0, 0.05) is 5.70 Å². The van der Waals surface area contributed by atoms with Crippen molar-refractivity contribution >= 4 is 11.9 Å². The van der Waals surface area contributed by atoms with Crippen molar-refractivity contribution in [3.63, 3.8) is 0 Å². The number of hydrogen-bond donors (Lipinski definition) is 1. The van der Waals surface area contributed by atoms with Crippen molar-refractivity contribution in [1.29, 1.82) is 0 Å². The van der Waals surface area contributed by atoms with Gasteiger partial charge in [-0.2, -0.15) is 10.1 Å². The zero-order valence-electron chi connectivity index (χ0n) is 17.7. The van der Waals surface area contributed by atoms with Gasteiger partial charge in [-0.3, -0.25) is 0 Å². The first-order chi connectivity index (χ1) is 15.1. The van der Waals surface area contributed by atoms with Crippen LogP contribution >= 0.6 is 0 Å². The lowest BCUT2D eigenvalue weighted by atomic mass is 9.95. The molecule has 1 N–H and O–H groups in total. The maximum Gasteiger partial charge on any atom is 0.338 e. The van der Waals surface area contributed by atoms with E-state index in [1.807, 2.05) is 55.5 Å². The molecular weight excluding hydrogens is 396 g/mol. The average molecular weight is 420 g/mol. The summed E-state index contributed by atoms with van der Waals surface area (Å²) in [6, 6.07) is 15.0. The number of benzene rings is 2. The molecule has 0 aliphatic carbocycles. The van der Waals surface area contributed by atoms with Crippen molar-refractivity contribution in [2.45, 2.75) is 26.5 Å². The largest absolute Gasteiger partial charge is 0.493 e. The van der Waals surface area contributed by atoms with E-state index in [1.54, 1.807) is 18.7 Å². The molecule has 0 amide bonds. The molecule has 2 heterocycles. The molecule has 0 radical (unpaired) electrons. The van der Waals surface area contributed by atoms with Gasteiger partial charge in [-0.1, -0.05) is 36.4 Å². The lowest BCUT2D eigenvalue weighted by Gasteiger charge is -2.28. The van der Waals surface area contributed by atoms with E-state index in [-0.39, 0.29) is 6.61 Å². The highest BCUT2D eigenvalue weighted by atomic mass is 16.5. The average Bonchev–Trinajstić information content (AvgIpc) is 3.25. The van der Waals surface area contributed by atoms with Crippen LogP contribution in [0.25, 0.3) is 0 Å². The lowest BCUT2D eigenvalue weighted by molar-refractivity contribution is -0.139. The SMILES string of the molecule is CCOC(=O)C1=C(C)Nc2ncnn2C1c1ccc(OCc2ccccc2)c(OC)c1. The van der Waals surface area contributed by atoms with Gasteiger partial charge in [-0.15, -0.1) is 0 Å². The van der Waals surface area contributed by atoms with Gasteiger partial charge in [-0.25, -0.2) is 9.48 Å². The highest BCUT2D eigenvalue weighted by molar-refractivity contribution is 5.92. The minimum absolute atomic E-state index is 0.280. The summed E-state index contributed by atoms with van der Waals surface area (Å²) in [4.78, 5) is 17.0. The molecule has 2 aromatic carbocycles. The number of allylic oxidation sites excluding steroid dienone is 1. The van der Waals surface area contributed by atoms with Gasteiger partial charge in [0.1, 0.15) is 19.0 Å². The number of hydrogen-bond acceptors (Lipinski definition) is 7. The fraction of sp³-hybridized carbons (Fsp3) is 0.261. The molecule has 3 aromatic rings. The second-order valence-electron chi connectivity index (χ2n) is 7.00. The van der Waals surface area contributed by atoms with E-state index in [0.717, 1.165) is 11.1 Å². The minimum Gasteiger partial charge on any atom is -0.493 e. The van der Waals surface area contributed by atoms with Gasteiger partial charge < -0.3 is 19.5 Å². The van der Waals surface area contributed by atoms with Crippen LogP contribution in [0.4, 0.5) is 5.95 Å². The van der Waals surface area contributed by atoms with Gasteiger partial charge in [0.25, 0.3) is 0 Å². The summed E-state index contributed by atoms with van der Waals surface area (Å²) >= 11 is 0. The molecule has 1 aliphatic heterocycles. The number of ether oxygens (including phenoxy) is 3. The smallest absolute Gasteiger partial charge is 0.338 e. The van der Waals surface area contributed by atoms with Crippen LogP contribution in [0.5, 0.6) is 11.5 Å². The van der Waals surface area contributed by atoms with Crippen LogP contribution in [0.1, 0.15) is 31.0 Å². The minimum atomic E-state index is -0.505. The van der Waals surface area contributed by atoms with Crippen molar-refractivity contribution in [3.05, 3.63) is 77.3 Å². The van der Waals surface area contributed by atoms with Gasteiger partial charge >= 0.3 is 5.97 Å². The third-order valence-corrected chi connectivity index (χ3v) is 5.03. The number of fused-ring (bicyclic) bond motifs is 1. The number of esters is 1. The molecular formula is C23H24N4O4. The predicted octanol–water partition coefficient (Wildman–Crippen LogP) is 3.72. The zero-order chi connectivity index (χ0) is 21.8. The second kappa shape index (κ2) is 8.91. The Morgan fingerprint density at radius 2 is 1.97 bits per heavy atom. The summed E-state index contributed by atoms with van der Waals surface area (Å²) in [5.74, 6) is 1.33. The molecule has 8 heteroatoms. The van der Waals surface area contributed by atoms with E-state index in [9.17, 15) is 4.79 Å². The Morgan fingerprint density at radius 1 is 1.16 bits per heavy atom. The van der Waals surface area contributed by atoms with E-state index in [1.165, 1.54) is 6.33 Å². The van der Waals surface area contributed by atoms with Crippen LogP contribution in [-0.2, 0) is 16.1 Å². The number of methoxy groups -OCH3 is 1. The quantitative estimate of drug-likeness (QED) is 0.583. The van der Waals surface area contributed by atoms with Crippen molar-refractivity contribution in [3.8, 4) is 11.5 Å². The first-order valence-electron chi connectivity index (χ1n) is 10.0. The van der Waals surface area contributed by atoms with E-state index in [0.29, 0.717) is 35.3 Å². The summed E-state index contributed by atoms with van der Waals surface area (Å²) in [6.07, 6.45) is 1.45. The highest BCUT2D eigenvalue weighted by Gasteiger charge is 2.34. The predicted molar refractivity (Wildman–Crippen MR) is 115 cm³/mol. The molecule has 1 atom stereocenters. The Hall–Kier alpha value is -3.81. The molecule has 160 valence electrons. The summed E-state index contributed by atoms with van der Waals surface area (Å²) in [5.41, 5.74) is 3.01. The van der Waals surface area contributed by atoms with E-state index in [4.69, 9.17) is 14.2 Å². The maximum absolute atomic E-state index is 12.8. The first-order valence-corrected chi connectivity index (χ1v) is 10.0. The van der Waals surface area contributed by atoms with Crippen LogP contribution in [0.2, 0.25) is 0 Å². The number of carbonyl (C=O) groups excluding carboxylic acids is 1. The Morgan fingerprint density at radius 3 is 2.71 bits per heavy atom. The zero-order valence-corrected chi connectivity index (χ0v) is 17.7. The standard InChI is InChI=1S/C23H24N4O4/c1-4-30-22(28)20-15(2)26-23-24-14-25-27(23)21(20)17-10-11-18(19(12-17)29-3)31-13-16-8-6-5-7-9-16/h5-12,14,21H,4,13H2,1-3H3,(H,24,25,26). The number of anilines is 1. The topological polar surface area (TPSA) is 87.5 Å². The Kier molecular flexibility index (Phi) is 5.88. The van der Waals surface area contributed by atoms with Crippen LogP contribution in [0.15, 0.2) is 66.1 Å². The van der Waals surface area contributed by atoms with Gasteiger partial charge in [0.15, 0.2) is 11.5 Å². The normalized spacial score (nSPS) is 15.1. The molecule has 0 spiro atoms. The molecule has 8 nitrogen and oxygen atoms in total. The summed E-state index contributed by atoms with van der Waals surface area (Å²) < 4.78 is 18.5. The first kappa shape index (κ1) is 20.5. The fourth-order valence-electron chi connectivity index (χ4n) is 3.58. The van der Waals surface area contributed by atoms with Crippen molar-refractivity contribution in [2.75, 3.05) is 19.0 Å². The van der Waals surface area contributed by atoms with Crippen LogP contribution in [0.3, 0.4) is 0 Å². The molecule has 0 saturated carbocycles. The lowest BCUT2D eigenvalue weighted by Crippen LogP contribution is -2.29. The third-order valence-electron chi connectivity index (χ3n) is 5.03. The van der Waals surface area contributed by atoms with E-state index >= 15 is 0 Å². The number of carbonyl (C=O) groups is 1. The molecule has 4 rings (SSSR count). The van der Waals surface area contributed by atoms with Crippen molar-refractivity contribution in [2.24, 2.45) is 0 Å². The van der Waals surface area contributed by atoms with Gasteiger partial charge in [0.2, 0.25) is 5.95 Å². The van der Waals surface area contributed by atoms with Gasteiger partial charge in [0.05, 0.1) is 19.3 Å². The van der Waals surface area contributed by atoms with E-state index in [2.05, 4.69) is 15.4 Å². The highest BCUT2D eigenvalue weighted by Crippen LogP contribution is 2.39. The molecule has 0 saturated heterocycles. The van der Waals surface area contributed by atoms with Crippen LogP contribution in [0, 0.1) is 0 Å². The van der Waals surface area contributed by atoms with Gasteiger partial charge in [-0.05, 0) is 37.1 Å². The Balaban J connectivity index is 1.69. The Labute approximate surface area is 180 Å². The maximum atomic E-state index is 12.8. The third kappa shape index (κ3) is 4.09. The monoisotopic (exact) mass is 420 g/mol. The van der Waals surface area contributed by atoms with Crippen molar-refractivity contribution in [1.82, 2.24) is 14.8 Å². The molecule has 31 heavy (non-hydrogen) atoms. The molecule has 1 unspecified atom stereocenters. The van der Waals surface area contributed by atoms with Crippen molar-refractivity contribution < 1.29 is 19.0 Å². The van der Waals surface area contributed by atoms with Crippen LogP contribution in [-0.4, -0.2) is 34.5 Å². The number of aromatic nitrogens is 3. The number of rotatable bonds is 7. The Bertz CT molecular complexity index is 1110. The summed E-state index contributed by atoms with van der Waals surface area (Å²) in [7, 11) is 1.59. The molecule has 0 bridgehead atoms. The fourth-order valence-corrected chi connectivity index (χ4v) is 3.58. The summed E-state index contributed by atoms with van der Waals surface area (Å²) in [6.45, 7) is 4.31. The molecule has 1 aliphatic rings. The second-order valence-corrected chi connectivity index (χ2v) is 7.00. The number of nitrogens with one attached hydrogen (secondary N) is 1. The molecule has 0 fully saturated rings. The van der Waals surface area contributed by atoms with Crippen LogP contribution < -0.4 is 14.8 Å². The van der Waals surface area contributed by atoms with E-state index < -0.39 is 12.0 Å². The summed E-state index contributed by atoms with van der Waals surface area (Å²) in [5, 5.41) is 7.44. The number of nitrogens with zero attached hydrogens (tertiary/aromatic N) is 3.